The largest absolute Gasteiger partial charge is 0.365 e. The van der Waals surface area contributed by atoms with E-state index in [0.717, 1.165) is 12.1 Å². The van der Waals surface area contributed by atoms with Gasteiger partial charge >= 0.3 is 0 Å². The number of hydrogen-bond acceptors (Lipinski definition) is 2. The van der Waals surface area contributed by atoms with E-state index in [1.807, 2.05) is 0 Å². The van der Waals surface area contributed by atoms with Crippen LogP contribution < -0.4 is 10.2 Å². The molecule has 0 unspecified atom stereocenters. The maximum Gasteiger partial charge on any atom is 0.240 e. The first kappa shape index (κ1) is 13.0. The zero-order valence-corrected chi connectivity index (χ0v) is 9.34. The molecule has 0 saturated carbocycles. The minimum Gasteiger partial charge on any atom is -0.365 e. The molecule has 1 aromatic rings. The molecule has 0 aliphatic rings. The van der Waals surface area contributed by atoms with E-state index in [1.54, 1.807) is 7.05 Å². The van der Waals surface area contributed by atoms with Crippen molar-refractivity contribution in [1.82, 2.24) is 5.32 Å². The fourth-order valence-electron chi connectivity index (χ4n) is 1.23. The van der Waals surface area contributed by atoms with Gasteiger partial charge in [0.1, 0.15) is 0 Å². The highest BCUT2D eigenvalue weighted by Crippen LogP contribution is 2.16. The van der Waals surface area contributed by atoms with Crippen molar-refractivity contribution in [2.75, 3.05) is 25.0 Å². The zero-order chi connectivity index (χ0) is 12.8. The predicted molar refractivity (Wildman–Crippen MR) is 61.5 cm³/mol. The van der Waals surface area contributed by atoms with Gasteiger partial charge in [0.15, 0.2) is 11.6 Å². The van der Waals surface area contributed by atoms with Crippen LogP contribution in [0.15, 0.2) is 18.2 Å². The lowest BCUT2D eigenvalue weighted by molar-refractivity contribution is -0.119. The molecule has 0 heterocycles. The van der Waals surface area contributed by atoms with Crippen LogP contribution >= 0.6 is 0 Å². The number of likely N-dealkylation sites (N-methyl/N-ethyl adjacent to an activating group) is 1. The van der Waals surface area contributed by atoms with Crippen molar-refractivity contribution in [1.29, 1.82) is 0 Å². The number of halogens is 2. The molecule has 0 aliphatic carbocycles. The van der Waals surface area contributed by atoms with Gasteiger partial charge < -0.3 is 10.2 Å². The van der Waals surface area contributed by atoms with Crippen LogP contribution in [-0.2, 0) is 4.79 Å². The number of benzene rings is 1. The van der Waals surface area contributed by atoms with E-state index in [1.165, 1.54) is 11.0 Å². The number of hydrogen-bond donors (Lipinski definition) is 1. The molecule has 5 heteroatoms. The van der Waals surface area contributed by atoms with Crippen LogP contribution in [0.25, 0.3) is 0 Å². The van der Waals surface area contributed by atoms with Gasteiger partial charge in [-0.15, -0.1) is 6.42 Å². The topological polar surface area (TPSA) is 32.3 Å². The third-order valence-electron chi connectivity index (χ3n) is 2.11. The highest BCUT2D eigenvalue weighted by molar-refractivity contribution is 5.81. The first-order valence-electron chi connectivity index (χ1n) is 4.91. The fraction of sp³-hybridized carbons (Fsp3) is 0.250. The highest BCUT2D eigenvalue weighted by atomic mass is 19.2. The molecule has 0 fully saturated rings. The van der Waals surface area contributed by atoms with Crippen LogP contribution in [0.3, 0.4) is 0 Å². The lowest BCUT2D eigenvalue weighted by Crippen LogP contribution is -2.35. The smallest absolute Gasteiger partial charge is 0.240 e. The summed E-state index contributed by atoms with van der Waals surface area (Å²) in [7, 11) is 1.60. The Bertz CT molecular complexity index is 454. The molecule has 0 radical (unpaired) electrons. The first-order chi connectivity index (χ1) is 8.04. The molecule has 1 aromatic carbocycles. The molecule has 17 heavy (non-hydrogen) atoms. The molecular formula is C12H12F2N2O. The molecule has 3 nitrogen and oxygen atoms in total. The lowest BCUT2D eigenvalue weighted by Gasteiger charge is -2.18. The van der Waals surface area contributed by atoms with Crippen molar-refractivity contribution in [2.45, 2.75) is 0 Å². The van der Waals surface area contributed by atoms with E-state index in [4.69, 9.17) is 6.42 Å². The maximum absolute atomic E-state index is 13.0. The van der Waals surface area contributed by atoms with E-state index in [9.17, 15) is 13.6 Å². The summed E-state index contributed by atoms with van der Waals surface area (Å²) in [6.45, 7) is 0.164. The van der Waals surface area contributed by atoms with E-state index < -0.39 is 11.6 Å². The van der Waals surface area contributed by atoms with Gasteiger partial charge in [-0.3, -0.25) is 4.79 Å². The number of rotatable bonds is 4. The summed E-state index contributed by atoms with van der Waals surface area (Å²) in [5, 5.41) is 2.47. The zero-order valence-electron chi connectivity index (χ0n) is 9.34. The molecule has 0 aromatic heterocycles. The summed E-state index contributed by atoms with van der Waals surface area (Å²) >= 11 is 0. The highest BCUT2D eigenvalue weighted by Gasteiger charge is 2.09. The molecule has 0 bridgehead atoms. The van der Waals surface area contributed by atoms with Gasteiger partial charge in [-0.1, -0.05) is 5.92 Å². The lowest BCUT2D eigenvalue weighted by atomic mass is 10.2. The molecule has 0 aliphatic heterocycles. The van der Waals surface area contributed by atoms with E-state index >= 15 is 0 Å². The van der Waals surface area contributed by atoms with Crippen molar-refractivity contribution < 1.29 is 13.6 Å². The number of amides is 1. The van der Waals surface area contributed by atoms with Crippen molar-refractivity contribution in [3.05, 3.63) is 29.8 Å². The Hall–Kier alpha value is -2.09. The second kappa shape index (κ2) is 5.85. The van der Waals surface area contributed by atoms with Crippen molar-refractivity contribution in [2.24, 2.45) is 0 Å². The monoisotopic (exact) mass is 238 g/mol. The van der Waals surface area contributed by atoms with Gasteiger partial charge in [-0.05, 0) is 12.1 Å². The summed E-state index contributed by atoms with van der Waals surface area (Å²) in [4.78, 5) is 12.8. The van der Waals surface area contributed by atoms with Crippen LogP contribution in [0, 0.1) is 24.0 Å². The van der Waals surface area contributed by atoms with E-state index in [0.29, 0.717) is 5.69 Å². The molecule has 1 N–H and O–H groups in total. The van der Waals surface area contributed by atoms with Gasteiger partial charge in [0, 0.05) is 18.8 Å². The summed E-state index contributed by atoms with van der Waals surface area (Å²) in [6, 6.07) is 3.44. The average molecular weight is 238 g/mol. The Kier molecular flexibility index (Phi) is 4.46. The predicted octanol–water partition coefficient (Wildman–Crippen LogP) is 1.15. The number of nitrogens with one attached hydrogen (secondary N) is 1. The van der Waals surface area contributed by atoms with Crippen molar-refractivity contribution >= 4 is 11.6 Å². The first-order valence-corrected chi connectivity index (χ1v) is 4.91. The van der Waals surface area contributed by atoms with Crippen LogP contribution in [0.1, 0.15) is 0 Å². The van der Waals surface area contributed by atoms with Crippen LogP contribution in [0.2, 0.25) is 0 Å². The third kappa shape index (κ3) is 3.76. The van der Waals surface area contributed by atoms with Gasteiger partial charge in [0.2, 0.25) is 5.91 Å². The van der Waals surface area contributed by atoms with E-state index in [2.05, 4.69) is 11.2 Å². The Morgan fingerprint density at radius 3 is 2.76 bits per heavy atom. The van der Waals surface area contributed by atoms with Gasteiger partial charge in [0.25, 0.3) is 0 Å². The molecule has 0 atom stereocenters. The Labute approximate surface area is 98.4 Å². The van der Waals surface area contributed by atoms with Crippen LogP contribution in [0.5, 0.6) is 0 Å². The molecule has 0 saturated heterocycles. The molecule has 1 amide bonds. The third-order valence-corrected chi connectivity index (χ3v) is 2.11. The van der Waals surface area contributed by atoms with Gasteiger partial charge in [-0.2, -0.15) is 0 Å². The molecule has 90 valence electrons. The Morgan fingerprint density at radius 1 is 1.47 bits per heavy atom. The number of anilines is 1. The fourth-order valence-corrected chi connectivity index (χ4v) is 1.23. The van der Waals surface area contributed by atoms with Gasteiger partial charge in [-0.25, -0.2) is 8.78 Å². The summed E-state index contributed by atoms with van der Waals surface area (Å²) in [5.74, 6) is 0.122. The van der Waals surface area contributed by atoms with Crippen LogP contribution in [-0.4, -0.2) is 26.0 Å². The quantitative estimate of drug-likeness (QED) is 0.798. The number of nitrogens with zero attached hydrogens (tertiary/aromatic N) is 1. The minimum atomic E-state index is -0.946. The SMILES string of the molecule is C#CCNC(=O)CN(C)c1ccc(F)c(F)c1. The number of carbonyl (C=O) groups excluding carboxylic acids is 1. The number of terminal acetylenes is 1. The standard InChI is InChI=1S/C12H12F2N2O/c1-3-6-15-12(17)8-16(2)9-4-5-10(13)11(14)7-9/h1,4-5,7H,6,8H2,2H3,(H,15,17). The van der Waals surface area contributed by atoms with Crippen molar-refractivity contribution in [3.8, 4) is 12.3 Å². The number of carbonyl (C=O) groups is 1. The Morgan fingerprint density at radius 2 is 2.18 bits per heavy atom. The van der Waals surface area contributed by atoms with Crippen LogP contribution in [0.4, 0.5) is 14.5 Å². The normalized spacial score (nSPS) is 9.53. The average Bonchev–Trinajstić information content (AvgIpc) is 2.30. The molecular weight excluding hydrogens is 226 g/mol. The maximum atomic E-state index is 13.0. The van der Waals surface area contributed by atoms with E-state index in [-0.39, 0.29) is 19.0 Å². The molecule has 1 rings (SSSR count). The second-order valence-corrected chi connectivity index (χ2v) is 3.44. The van der Waals surface area contributed by atoms with Crippen molar-refractivity contribution in [3.63, 3.8) is 0 Å². The minimum absolute atomic E-state index is 0.0206. The summed E-state index contributed by atoms with van der Waals surface area (Å²) in [6.07, 6.45) is 4.99. The second-order valence-electron chi connectivity index (χ2n) is 3.44. The summed E-state index contributed by atoms with van der Waals surface area (Å²) in [5.41, 5.74) is 0.416. The summed E-state index contributed by atoms with van der Waals surface area (Å²) < 4.78 is 25.6. The van der Waals surface area contributed by atoms with Gasteiger partial charge in [0.05, 0.1) is 13.1 Å². The molecule has 0 spiro atoms. The Balaban J connectivity index is 2.64.